The van der Waals surface area contributed by atoms with Crippen molar-refractivity contribution in [1.82, 2.24) is 20.0 Å². The summed E-state index contributed by atoms with van der Waals surface area (Å²) in [4.78, 5) is 24.2. The smallest absolute Gasteiger partial charge is 0.315 e. The highest BCUT2D eigenvalue weighted by atomic mass is 35.5. The van der Waals surface area contributed by atoms with Crippen LogP contribution in [0.4, 0.5) is 11.5 Å². The number of amides is 2. The lowest BCUT2D eigenvalue weighted by molar-refractivity contribution is -0.133. The molecule has 2 aromatic heterocycles. The molecular weight excluding hydrogens is 332 g/mol. The fourth-order valence-electron chi connectivity index (χ4n) is 2.44. The Morgan fingerprint density at radius 3 is 2.62 bits per heavy atom. The van der Waals surface area contributed by atoms with Gasteiger partial charge in [0.15, 0.2) is 5.65 Å². The Morgan fingerprint density at radius 1 is 1.21 bits per heavy atom. The Bertz CT molecular complexity index is 958. The van der Waals surface area contributed by atoms with Crippen molar-refractivity contribution >= 4 is 46.0 Å². The second-order valence-electron chi connectivity index (χ2n) is 5.37. The van der Waals surface area contributed by atoms with Gasteiger partial charge in [0.2, 0.25) is 0 Å². The summed E-state index contributed by atoms with van der Waals surface area (Å²) in [6.07, 6.45) is 0. The van der Waals surface area contributed by atoms with Gasteiger partial charge in [-0.2, -0.15) is 10.2 Å². The van der Waals surface area contributed by atoms with Crippen LogP contribution in [0, 0.1) is 13.8 Å². The molecule has 2 heterocycles. The summed E-state index contributed by atoms with van der Waals surface area (Å²) in [5.41, 5.74) is 2.57. The van der Waals surface area contributed by atoms with Gasteiger partial charge in [-0.3, -0.25) is 14.7 Å². The van der Waals surface area contributed by atoms with E-state index in [9.17, 15) is 9.59 Å². The number of hydrogen-bond donors (Lipinski definition) is 3. The number of H-pyrrole nitrogens is 1. The third-order valence-electron chi connectivity index (χ3n) is 3.60. The summed E-state index contributed by atoms with van der Waals surface area (Å²) < 4.78 is 1.59. The Kier molecular flexibility index (Phi) is 3.98. The number of anilines is 2. The van der Waals surface area contributed by atoms with Crippen molar-refractivity contribution in [2.45, 2.75) is 13.8 Å². The number of fused-ring (bicyclic) bond motifs is 1. The monoisotopic (exact) mass is 346 g/mol. The number of rotatable bonds is 2. The second-order valence-corrected chi connectivity index (χ2v) is 5.81. The minimum Gasteiger partial charge on any atom is -0.318 e. The maximum Gasteiger partial charge on any atom is 0.315 e. The van der Waals surface area contributed by atoms with Crippen LogP contribution in [0.15, 0.2) is 18.2 Å². The van der Waals surface area contributed by atoms with Gasteiger partial charge in [-0.25, -0.2) is 4.68 Å². The summed E-state index contributed by atoms with van der Waals surface area (Å²) in [5.74, 6) is -1.26. The SMILES string of the molecule is Cc1cc(Cl)ccc1NC(=O)C(=O)Nc1[nH]nc2c1c(C)nn2C. The first kappa shape index (κ1) is 16.0. The Morgan fingerprint density at radius 2 is 1.92 bits per heavy atom. The highest BCUT2D eigenvalue weighted by molar-refractivity contribution is 6.44. The summed E-state index contributed by atoms with van der Waals surface area (Å²) in [5, 5.41) is 17.3. The van der Waals surface area contributed by atoms with Crippen LogP contribution in [0.5, 0.6) is 0 Å². The minimum absolute atomic E-state index is 0.337. The highest BCUT2D eigenvalue weighted by Crippen LogP contribution is 2.23. The van der Waals surface area contributed by atoms with E-state index in [1.807, 2.05) is 0 Å². The van der Waals surface area contributed by atoms with E-state index in [1.165, 1.54) is 0 Å². The van der Waals surface area contributed by atoms with E-state index >= 15 is 0 Å². The fraction of sp³-hybridized carbons (Fsp3) is 0.200. The lowest BCUT2D eigenvalue weighted by Crippen LogP contribution is -2.29. The zero-order valence-electron chi connectivity index (χ0n) is 13.3. The average Bonchev–Trinajstić information content (AvgIpc) is 3.05. The first-order valence-corrected chi connectivity index (χ1v) is 7.50. The van der Waals surface area contributed by atoms with Gasteiger partial charge in [-0.15, -0.1) is 0 Å². The molecule has 1 aromatic carbocycles. The van der Waals surface area contributed by atoms with Crippen molar-refractivity contribution in [3.05, 3.63) is 34.5 Å². The van der Waals surface area contributed by atoms with Crippen molar-refractivity contribution < 1.29 is 9.59 Å². The molecule has 3 aromatic rings. The summed E-state index contributed by atoms with van der Waals surface area (Å²) in [6.45, 7) is 3.58. The van der Waals surface area contributed by atoms with E-state index in [0.717, 1.165) is 5.56 Å². The largest absolute Gasteiger partial charge is 0.318 e. The van der Waals surface area contributed by atoms with Crippen LogP contribution in [0.3, 0.4) is 0 Å². The van der Waals surface area contributed by atoms with E-state index in [4.69, 9.17) is 11.6 Å². The van der Waals surface area contributed by atoms with Crippen molar-refractivity contribution in [2.75, 3.05) is 10.6 Å². The van der Waals surface area contributed by atoms with Crippen LogP contribution in [-0.4, -0.2) is 31.8 Å². The second kappa shape index (κ2) is 5.97. The topological polar surface area (TPSA) is 105 Å². The minimum atomic E-state index is -0.807. The number of hydrogen-bond acceptors (Lipinski definition) is 4. The molecular formula is C15H15ClN6O2. The van der Waals surface area contributed by atoms with E-state index in [0.29, 0.717) is 33.3 Å². The molecule has 3 rings (SSSR count). The molecule has 0 spiro atoms. The molecule has 2 amide bonds. The standard InChI is InChI=1S/C15H15ClN6O2/c1-7-6-9(16)4-5-10(7)17-14(23)15(24)18-12-11-8(2)21-22(3)13(11)20-19-12/h4-6H,1-3H3,(H,17,23)(H2,18,19,20,24). The van der Waals surface area contributed by atoms with Gasteiger partial charge in [-0.1, -0.05) is 11.6 Å². The van der Waals surface area contributed by atoms with Crippen molar-refractivity contribution in [1.29, 1.82) is 0 Å². The molecule has 0 saturated heterocycles. The van der Waals surface area contributed by atoms with Crippen LogP contribution < -0.4 is 10.6 Å². The molecule has 0 atom stereocenters. The molecule has 3 N–H and O–H groups in total. The van der Waals surface area contributed by atoms with Gasteiger partial charge in [0, 0.05) is 17.8 Å². The number of aromatic nitrogens is 4. The van der Waals surface area contributed by atoms with E-state index in [-0.39, 0.29) is 0 Å². The lowest BCUT2D eigenvalue weighted by atomic mass is 10.2. The number of carbonyl (C=O) groups is 2. The van der Waals surface area contributed by atoms with Gasteiger partial charge in [0.05, 0.1) is 11.1 Å². The summed E-state index contributed by atoms with van der Waals surface area (Å²) in [7, 11) is 1.75. The Balaban J connectivity index is 1.77. The van der Waals surface area contributed by atoms with E-state index < -0.39 is 11.8 Å². The van der Waals surface area contributed by atoms with Gasteiger partial charge >= 0.3 is 11.8 Å². The summed E-state index contributed by atoms with van der Waals surface area (Å²) in [6, 6.07) is 4.98. The Labute approximate surface area is 142 Å². The molecule has 0 fully saturated rings. The molecule has 9 heteroatoms. The molecule has 0 saturated carbocycles. The van der Waals surface area contributed by atoms with E-state index in [1.54, 1.807) is 43.8 Å². The number of aromatic amines is 1. The third kappa shape index (κ3) is 2.83. The maximum atomic E-state index is 12.1. The number of nitrogens with zero attached hydrogens (tertiary/aromatic N) is 3. The molecule has 8 nitrogen and oxygen atoms in total. The number of halogens is 1. The first-order chi connectivity index (χ1) is 11.4. The van der Waals surface area contributed by atoms with Crippen LogP contribution in [0.25, 0.3) is 11.0 Å². The van der Waals surface area contributed by atoms with Crippen LogP contribution in [-0.2, 0) is 16.6 Å². The number of benzene rings is 1. The molecule has 0 aliphatic carbocycles. The molecule has 0 bridgehead atoms. The van der Waals surface area contributed by atoms with Crippen LogP contribution >= 0.6 is 11.6 Å². The lowest BCUT2D eigenvalue weighted by Gasteiger charge is -2.08. The molecule has 0 radical (unpaired) electrons. The maximum absolute atomic E-state index is 12.1. The van der Waals surface area contributed by atoms with Crippen LogP contribution in [0.1, 0.15) is 11.3 Å². The van der Waals surface area contributed by atoms with Crippen molar-refractivity contribution in [3.63, 3.8) is 0 Å². The van der Waals surface area contributed by atoms with Gasteiger partial charge in [0.1, 0.15) is 5.82 Å². The van der Waals surface area contributed by atoms with Crippen LogP contribution in [0.2, 0.25) is 5.02 Å². The number of aryl methyl sites for hydroxylation is 3. The number of carbonyl (C=O) groups excluding carboxylic acids is 2. The highest BCUT2D eigenvalue weighted by Gasteiger charge is 2.20. The molecule has 0 unspecified atom stereocenters. The molecule has 0 aliphatic heterocycles. The van der Waals surface area contributed by atoms with Crippen molar-refractivity contribution in [2.24, 2.45) is 7.05 Å². The van der Waals surface area contributed by atoms with Gasteiger partial charge in [-0.05, 0) is 37.6 Å². The normalized spacial score (nSPS) is 10.8. The predicted octanol–water partition coefficient (Wildman–Crippen LogP) is 2.14. The zero-order chi connectivity index (χ0) is 17.4. The molecule has 0 aliphatic rings. The van der Waals surface area contributed by atoms with Gasteiger partial charge < -0.3 is 10.6 Å². The first-order valence-electron chi connectivity index (χ1n) is 7.13. The summed E-state index contributed by atoms with van der Waals surface area (Å²) >= 11 is 5.87. The number of nitrogens with one attached hydrogen (secondary N) is 3. The third-order valence-corrected chi connectivity index (χ3v) is 3.83. The Hall–Kier alpha value is -2.87. The van der Waals surface area contributed by atoms with Crippen molar-refractivity contribution in [3.8, 4) is 0 Å². The fourth-order valence-corrected chi connectivity index (χ4v) is 2.67. The zero-order valence-corrected chi connectivity index (χ0v) is 14.0. The molecule has 124 valence electrons. The molecule has 24 heavy (non-hydrogen) atoms. The average molecular weight is 347 g/mol. The van der Waals surface area contributed by atoms with Gasteiger partial charge in [0.25, 0.3) is 0 Å². The predicted molar refractivity (Wildman–Crippen MR) is 91.0 cm³/mol. The van der Waals surface area contributed by atoms with E-state index in [2.05, 4.69) is 25.9 Å². The quantitative estimate of drug-likeness (QED) is 0.618.